The molecule has 90 valence electrons. The number of likely N-dealkylation sites (N-methyl/N-ethyl adjacent to an activating group) is 1. The molecule has 17 heavy (non-hydrogen) atoms. The van der Waals surface area contributed by atoms with Gasteiger partial charge in [-0.25, -0.2) is 4.68 Å². The van der Waals surface area contributed by atoms with E-state index in [1.165, 1.54) is 11.1 Å². The van der Waals surface area contributed by atoms with Gasteiger partial charge in [0.25, 0.3) is 0 Å². The lowest BCUT2D eigenvalue weighted by molar-refractivity contribution is 0.754. The highest BCUT2D eigenvalue weighted by molar-refractivity contribution is 5.38. The molecule has 0 saturated carbocycles. The highest BCUT2D eigenvalue weighted by Crippen LogP contribution is 2.13. The Morgan fingerprint density at radius 1 is 1.18 bits per heavy atom. The van der Waals surface area contributed by atoms with E-state index < -0.39 is 0 Å². The lowest BCUT2D eigenvalue weighted by Crippen LogP contribution is -2.10. The molecule has 1 heterocycles. The maximum atomic E-state index is 4.58. The van der Waals surface area contributed by atoms with Crippen molar-refractivity contribution < 1.29 is 0 Å². The van der Waals surface area contributed by atoms with Gasteiger partial charge in [0.1, 0.15) is 0 Å². The van der Waals surface area contributed by atoms with E-state index in [2.05, 4.69) is 48.5 Å². The molecule has 0 saturated heterocycles. The molecule has 0 aliphatic carbocycles. The van der Waals surface area contributed by atoms with Gasteiger partial charge in [-0.1, -0.05) is 6.07 Å². The topological polar surface area (TPSA) is 29.9 Å². The second-order valence-corrected chi connectivity index (χ2v) is 4.45. The van der Waals surface area contributed by atoms with Gasteiger partial charge in [0.05, 0.1) is 11.4 Å². The first-order chi connectivity index (χ1) is 8.19. The molecule has 1 N–H and O–H groups in total. The predicted molar refractivity (Wildman–Crippen MR) is 70.7 cm³/mol. The molecule has 0 unspecified atom stereocenters. The van der Waals surface area contributed by atoms with Crippen molar-refractivity contribution in [3.63, 3.8) is 0 Å². The summed E-state index contributed by atoms with van der Waals surface area (Å²) < 4.78 is 1.95. The minimum absolute atomic E-state index is 0.962. The lowest BCUT2D eigenvalue weighted by Gasteiger charge is -2.04. The standard InChI is InChI=1S/C14H19N3/c1-11-8-12(2)10-14(9-11)17-7-5-13(16-17)4-6-15-3/h5,7-10,15H,4,6H2,1-3H3. The molecule has 2 aromatic rings. The van der Waals surface area contributed by atoms with Crippen molar-refractivity contribution in [1.29, 1.82) is 0 Å². The van der Waals surface area contributed by atoms with Crippen molar-refractivity contribution in [1.82, 2.24) is 15.1 Å². The molecular formula is C14H19N3. The maximum absolute atomic E-state index is 4.58. The number of hydrogen-bond donors (Lipinski definition) is 1. The molecule has 2 rings (SSSR count). The zero-order valence-electron chi connectivity index (χ0n) is 10.7. The average Bonchev–Trinajstić information content (AvgIpc) is 2.73. The van der Waals surface area contributed by atoms with Crippen molar-refractivity contribution in [2.75, 3.05) is 13.6 Å². The molecule has 1 aromatic heterocycles. The molecule has 0 fully saturated rings. The normalized spacial score (nSPS) is 10.8. The van der Waals surface area contributed by atoms with Crippen LogP contribution in [0.4, 0.5) is 0 Å². The first-order valence-corrected chi connectivity index (χ1v) is 5.97. The van der Waals surface area contributed by atoms with Gasteiger partial charge < -0.3 is 5.32 Å². The lowest BCUT2D eigenvalue weighted by atomic mass is 10.1. The summed E-state index contributed by atoms with van der Waals surface area (Å²) in [7, 11) is 1.96. The monoisotopic (exact) mass is 229 g/mol. The number of aryl methyl sites for hydroxylation is 2. The van der Waals surface area contributed by atoms with Gasteiger partial charge in [-0.2, -0.15) is 5.10 Å². The highest BCUT2D eigenvalue weighted by Gasteiger charge is 2.02. The summed E-state index contributed by atoms with van der Waals surface area (Å²) in [5.41, 5.74) is 4.80. The van der Waals surface area contributed by atoms with Gasteiger partial charge in [-0.3, -0.25) is 0 Å². The van der Waals surface area contributed by atoms with Crippen LogP contribution in [0.1, 0.15) is 16.8 Å². The van der Waals surface area contributed by atoms with E-state index in [1.807, 2.05) is 17.9 Å². The average molecular weight is 229 g/mol. The van der Waals surface area contributed by atoms with Gasteiger partial charge in [-0.15, -0.1) is 0 Å². The van der Waals surface area contributed by atoms with E-state index in [0.717, 1.165) is 24.3 Å². The van der Waals surface area contributed by atoms with Crippen LogP contribution >= 0.6 is 0 Å². The van der Waals surface area contributed by atoms with E-state index in [9.17, 15) is 0 Å². The molecule has 0 spiro atoms. The summed E-state index contributed by atoms with van der Waals surface area (Å²) in [6, 6.07) is 8.56. The Kier molecular flexibility index (Phi) is 3.59. The molecule has 3 heteroatoms. The Bertz CT molecular complexity index is 480. The maximum Gasteiger partial charge on any atom is 0.0650 e. The van der Waals surface area contributed by atoms with Gasteiger partial charge in [0.2, 0.25) is 0 Å². The van der Waals surface area contributed by atoms with Gasteiger partial charge in [0.15, 0.2) is 0 Å². The molecule has 3 nitrogen and oxygen atoms in total. The number of nitrogens with zero attached hydrogens (tertiary/aromatic N) is 2. The van der Waals surface area contributed by atoms with Crippen LogP contribution in [-0.4, -0.2) is 23.4 Å². The van der Waals surface area contributed by atoms with E-state index in [-0.39, 0.29) is 0 Å². The third kappa shape index (κ3) is 2.94. The quantitative estimate of drug-likeness (QED) is 0.871. The van der Waals surface area contributed by atoms with Gasteiger partial charge in [-0.05, 0) is 50.2 Å². The van der Waals surface area contributed by atoms with Crippen LogP contribution in [0.5, 0.6) is 0 Å². The van der Waals surface area contributed by atoms with Gasteiger partial charge >= 0.3 is 0 Å². The minimum atomic E-state index is 0.962. The highest BCUT2D eigenvalue weighted by atomic mass is 15.3. The fourth-order valence-corrected chi connectivity index (χ4v) is 1.97. The Balaban J connectivity index is 2.24. The van der Waals surface area contributed by atoms with E-state index >= 15 is 0 Å². The van der Waals surface area contributed by atoms with Crippen molar-refractivity contribution >= 4 is 0 Å². The van der Waals surface area contributed by atoms with Crippen molar-refractivity contribution in [2.45, 2.75) is 20.3 Å². The van der Waals surface area contributed by atoms with Crippen LogP contribution in [0.25, 0.3) is 5.69 Å². The predicted octanol–water partition coefficient (Wildman–Crippen LogP) is 2.25. The fourth-order valence-electron chi connectivity index (χ4n) is 1.97. The first-order valence-electron chi connectivity index (χ1n) is 5.97. The molecule has 0 amide bonds. The van der Waals surface area contributed by atoms with Crippen molar-refractivity contribution in [3.05, 3.63) is 47.3 Å². The largest absolute Gasteiger partial charge is 0.319 e. The van der Waals surface area contributed by atoms with Gasteiger partial charge in [0, 0.05) is 19.2 Å². The Morgan fingerprint density at radius 2 is 1.88 bits per heavy atom. The Labute approximate surface area is 102 Å². The Hall–Kier alpha value is -1.61. The minimum Gasteiger partial charge on any atom is -0.319 e. The number of nitrogens with one attached hydrogen (secondary N) is 1. The van der Waals surface area contributed by atoms with E-state index in [4.69, 9.17) is 0 Å². The number of rotatable bonds is 4. The molecule has 0 atom stereocenters. The van der Waals surface area contributed by atoms with Crippen LogP contribution in [-0.2, 0) is 6.42 Å². The summed E-state index contributed by atoms with van der Waals surface area (Å²) in [5, 5.41) is 7.71. The van der Waals surface area contributed by atoms with Crippen molar-refractivity contribution in [2.24, 2.45) is 0 Å². The summed E-state index contributed by atoms with van der Waals surface area (Å²) in [4.78, 5) is 0. The molecule has 0 aliphatic rings. The van der Waals surface area contributed by atoms with E-state index in [0.29, 0.717) is 0 Å². The summed E-state index contributed by atoms with van der Waals surface area (Å²) in [6.45, 7) is 5.19. The van der Waals surface area contributed by atoms with E-state index in [1.54, 1.807) is 0 Å². The van der Waals surface area contributed by atoms with Crippen LogP contribution < -0.4 is 5.32 Å². The SMILES string of the molecule is CNCCc1ccn(-c2cc(C)cc(C)c2)n1. The molecular weight excluding hydrogens is 210 g/mol. The van der Waals surface area contributed by atoms with Crippen LogP contribution in [0.15, 0.2) is 30.5 Å². The van der Waals surface area contributed by atoms with Crippen LogP contribution in [0.2, 0.25) is 0 Å². The molecule has 0 bridgehead atoms. The number of hydrogen-bond acceptors (Lipinski definition) is 2. The first kappa shape index (κ1) is 11.9. The number of benzene rings is 1. The Morgan fingerprint density at radius 3 is 2.53 bits per heavy atom. The summed E-state index contributed by atoms with van der Waals surface area (Å²) >= 11 is 0. The van der Waals surface area contributed by atoms with Crippen LogP contribution in [0, 0.1) is 13.8 Å². The number of aromatic nitrogens is 2. The molecule has 0 aliphatic heterocycles. The summed E-state index contributed by atoms with van der Waals surface area (Å²) in [5.74, 6) is 0. The second-order valence-electron chi connectivity index (χ2n) is 4.45. The van der Waals surface area contributed by atoms with Crippen molar-refractivity contribution in [3.8, 4) is 5.69 Å². The van der Waals surface area contributed by atoms with Crippen LogP contribution in [0.3, 0.4) is 0 Å². The third-order valence-electron chi connectivity index (χ3n) is 2.75. The smallest absolute Gasteiger partial charge is 0.0650 e. The zero-order chi connectivity index (χ0) is 12.3. The summed E-state index contributed by atoms with van der Waals surface area (Å²) in [6.07, 6.45) is 2.99. The fraction of sp³-hybridized carbons (Fsp3) is 0.357. The zero-order valence-corrected chi connectivity index (χ0v) is 10.7. The third-order valence-corrected chi connectivity index (χ3v) is 2.75. The molecule has 0 radical (unpaired) electrons. The molecule has 1 aromatic carbocycles. The second kappa shape index (κ2) is 5.15.